The lowest BCUT2D eigenvalue weighted by Crippen LogP contribution is -2.35. The zero-order valence-corrected chi connectivity index (χ0v) is 12.2. The molecule has 1 unspecified atom stereocenters. The molecule has 2 aromatic heterocycles. The molecular weight excluding hydrogens is 264 g/mol. The van der Waals surface area contributed by atoms with Gasteiger partial charge < -0.3 is 4.98 Å². The molecule has 5 heteroatoms. The summed E-state index contributed by atoms with van der Waals surface area (Å²) in [7, 11) is 0. The molecule has 5 nitrogen and oxygen atoms in total. The minimum Gasteiger partial charge on any atom is -0.310 e. The van der Waals surface area contributed by atoms with Crippen LogP contribution in [-0.2, 0) is 6.54 Å². The van der Waals surface area contributed by atoms with Crippen LogP contribution in [0.3, 0.4) is 0 Å². The molecule has 0 amide bonds. The Bertz CT molecular complexity index is 653. The van der Waals surface area contributed by atoms with Gasteiger partial charge in [-0.2, -0.15) is 0 Å². The van der Waals surface area contributed by atoms with Gasteiger partial charge in [-0.05, 0) is 44.0 Å². The SMILES string of the molecule is Cc1cc(=O)[nH]c(C2CCCN(Cc3ccncc3)C2)n1. The molecule has 1 atom stereocenters. The van der Waals surface area contributed by atoms with Crippen LogP contribution < -0.4 is 5.56 Å². The van der Waals surface area contributed by atoms with Crippen LogP contribution in [0.15, 0.2) is 35.4 Å². The summed E-state index contributed by atoms with van der Waals surface area (Å²) in [6.07, 6.45) is 5.87. The molecule has 0 bridgehead atoms. The average Bonchev–Trinajstić information content (AvgIpc) is 2.47. The topological polar surface area (TPSA) is 61.9 Å². The van der Waals surface area contributed by atoms with Gasteiger partial charge in [0, 0.05) is 43.2 Å². The number of piperidine rings is 1. The number of H-pyrrole nitrogens is 1. The number of aromatic nitrogens is 3. The van der Waals surface area contributed by atoms with E-state index >= 15 is 0 Å². The van der Waals surface area contributed by atoms with Crippen molar-refractivity contribution >= 4 is 0 Å². The van der Waals surface area contributed by atoms with Crippen molar-refractivity contribution < 1.29 is 0 Å². The molecule has 1 aliphatic rings. The standard InChI is InChI=1S/C16H20N4O/c1-12-9-15(21)19-16(18-12)14-3-2-8-20(11-14)10-13-4-6-17-7-5-13/h4-7,9,14H,2-3,8,10-11H2,1H3,(H,18,19,21). The monoisotopic (exact) mass is 284 g/mol. The zero-order valence-electron chi connectivity index (χ0n) is 12.2. The fourth-order valence-corrected chi connectivity index (χ4v) is 2.96. The molecule has 3 rings (SSSR count). The van der Waals surface area contributed by atoms with E-state index in [2.05, 4.69) is 32.0 Å². The summed E-state index contributed by atoms with van der Waals surface area (Å²) in [5.74, 6) is 1.15. The first-order chi connectivity index (χ1) is 10.2. The van der Waals surface area contributed by atoms with Gasteiger partial charge in [-0.25, -0.2) is 4.98 Å². The molecule has 1 N–H and O–H groups in total. The lowest BCUT2D eigenvalue weighted by Gasteiger charge is -2.32. The Hall–Kier alpha value is -2.01. The molecule has 1 saturated heterocycles. The summed E-state index contributed by atoms with van der Waals surface area (Å²) < 4.78 is 0. The summed E-state index contributed by atoms with van der Waals surface area (Å²) in [4.78, 5) is 25.5. The quantitative estimate of drug-likeness (QED) is 0.934. The van der Waals surface area contributed by atoms with Crippen molar-refractivity contribution in [2.24, 2.45) is 0 Å². The van der Waals surface area contributed by atoms with Crippen molar-refractivity contribution in [2.75, 3.05) is 13.1 Å². The number of pyridine rings is 1. The van der Waals surface area contributed by atoms with E-state index in [1.165, 1.54) is 5.56 Å². The van der Waals surface area contributed by atoms with E-state index in [1.54, 1.807) is 6.07 Å². The van der Waals surface area contributed by atoms with E-state index < -0.39 is 0 Å². The lowest BCUT2D eigenvalue weighted by molar-refractivity contribution is 0.196. The van der Waals surface area contributed by atoms with Gasteiger partial charge in [-0.1, -0.05) is 0 Å². The highest BCUT2D eigenvalue weighted by atomic mass is 16.1. The summed E-state index contributed by atoms with van der Waals surface area (Å²) in [6.45, 7) is 4.83. The first-order valence-corrected chi connectivity index (χ1v) is 7.40. The highest BCUT2D eigenvalue weighted by Crippen LogP contribution is 2.24. The van der Waals surface area contributed by atoms with Crippen LogP contribution in [0.1, 0.15) is 35.8 Å². The number of aryl methyl sites for hydroxylation is 1. The van der Waals surface area contributed by atoms with E-state index in [0.717, 1.165) is 44.0 Å². The van der Waals surface area contributed by atoms with Crippen LogP contribution in [0.2, 0.25) is 0 Å². The first-order valence-electron chi connectivity index (χ1n) is 7.40. The fraction of sp³-hybridized carbons (Fsp3) is 0.438. The maximum Gasteiger partial charge on any atom is 0.251 e. The highest BCUT2D eigenvalue weighted by Gasteiger charge is 2.23. The van der Waals surface area contributed by atoms with Crippen LogP contribution in [0.4, 0.5) is 0 Å². The van der Waals surface area contributed by atoms with Gasteiger partial charge >= 0.3 is 0 Å². The van der Waals surface area contributed by atoms with Crippen LogP contribution in [0.25, 0.3) is 0 Å². The third-order valence-corrected chi connectivity index (χ3v) is 3.94. The molecule has 21 heavy (non-hydrogen) atoms. The third kappa shape index (κ3) is 3.55. The summed E-state index contributed by atoms with van der Waals surface area (Å²) in [5, 5.41) is 0. The molecule has 0 aliphatic carbocycles. The van der Waals surface area contributed by atoms with Gasteiger partial charge in [0.2, 0.25) is 0 Å². The van der Waals surface area contributed by atoms with Crippen LogP contribution in [0, 0.1) is 6.92 Å². The molecule has 1 aliphatic heterocycles. The van der Waals surface area contributed by atoms with Crippen molar-refractivity contribution in [2.45, 2.75) is 32.2 Å². The summed E-state index contributed by atoms with van der Waals surface area (Å²) >= 11 is 0. The Balaban J connectivity index is 1.72. The van der Waals surface area contributed by atoms with Gasteiger partial charge in [0.25, 0.3) is 5.56 Å². The van der Waals surface area contributed by atoms with Crippen molar-refractivity contribution in [1.29, 1.82) is 0 Å². The summed E-state index contributed by atoms with van der Waals surface area (Å²) in [5.41, 5.74) is 2.01. The molecular formula is C16H20N4O. The smallest absolute Gasteiger partial charge is 0.251 e. The Morgan fingerprint density at radius 2 is 2.19 bits per heavy atom. The van der Waals surface area contributed by atoms with E-state index in [4.69, 9.17) is 0 Å². The number of hydrogen-bond acceptors (Lipinski definition) is 4. The molecule has 0 spiro atoms. The van der Waals surface area contributed by atoms with Crippen molar-refractivity contribution in [3.8, 4) is 0 Å². The molecule has 0 aromatic carbocycles. The van der Waals surface area contributed by atoms with Gasteiger partial charge in [-0.3, -0.25) is 14.7 Å². The predicted molar refractivity (Wildman–Crippen MR) is 81.1 cm³/mol. The maximum atomic E-state index is 11.6. The average molecular weight is 284 g/mol. The zero-order chi connectivity index (χ0) is 14.7. The van der Waals surface area contributed by atoms with Gasteiger partial charge in [0.15, 0.2) is 0 Å². The van der Waals surface area contributed by atoms with Gasteiger partial charge in [0.1, 0.15) is 5.82 Å². The molecule has 1 fully saturated rings. The van der Waals surface area contributed by atoms with Crippen molar-refractivity contribution in [1.82, 2.24) is 19.9 Å². The molecule has 3 heterocycles. The second kappa shape index (κ2) is 6.18. The van der Waals surface area contributed by atoms with Crippen molar-refractivity contribution in [3.63, 3.8) is 0 Å². The van der Waals surface area contributed by atoms with E-state index in [0.29, 0.717) is 5.92 Å². The van der Waals surface area contributed by atoms with Crippen molar-refractivity contribution in [3.05, 3.63) is 58.0 Å². The second-order valence-electron chi connectivity index (χ2n) is 5.70. The number of nitrogens with one attached hydrogen (secondary N) is 1. The largest absolute Gasteiger partial charge is 0.310 e. The van der Waals surface area contributed by atoms with E-state index in [9.17, 15) is 4.79 Å². The van der Waals surface area contributed by atoms with Gasteiger partial charge in [-0.15, -0.1) is 0 Å². The van der Waals surface area contributed by atoms with E-state index in [1.807, 2.05) is 19.3 Å². The number of hydrogen-bond donors (Lipinski definition) is 1. The van der Waals surface area contributed by atoms with Gasteiger partial charge in [0.05, 0.1) is 0 Å². The maximum absolute atomic E-state index is 11.6. The summed E-state index contributed by atoms with van der Waals surface area (Å²) in [6, 6.07) is 5.65. The Kier molecular flexibility index (Phi) is 4.10. The number of nitrogens with zero attached hydrogens (tertiary/aromatic N) is 3. The molecule has 2 aromatic rings. The Morgan fingerprint density at radius 1 is 1.38 bits per heavy atom. The molecule has 110 valence electrons. The first kappa shape index (κ1) is 13.9. The Labute approximate surface area is 124 Å². The number of likely N-dealkylation sites (tertiary alicyclic amines) is 1. The van der Waals surface area contributed by atoms with Crippen LogP contribution >= 0.6 is 0 Å². The number of rotatable bonds is 3. The third-order valence-electron chi connectivity index (χ3n) is 3.94. The minimum atomic E-state index is -0.0521. The Morgan fingerprint density at radius 3 is 2.95 bits per heavy atom. The van der Waals surface area contributed by atoms with Crippen LogP contribution in [0.5, 0.6) is 0 Å². The fourth-order valence-electron chi connectivity index (χ4n) is 2.96. The lowest BCUT2D eigenvalue weighted by atomic mass is 9.96. The second-order valence-corrected chi connectivity index (χ2v) is 5.70. The van der Waals surface area contributed by atoms with E-state index in [-0.39, 0.29) is 5.56 Å². The molecule has 0 radical (unpaired) electrons. The molecule has 0 saturated carbocycles. The van der Waals surface area contributed by atoms with Crippen LogP contribution in [-0.4, -0.2) is 32.9 Å². The highest BCUT2D eigenvalue weighted by molar-refractivity contribution is 5.11. The predicted octanol–water partition coefficient (Wildman–Crippen LogP) is 1.85. The minimum absolute atomic E-state index is 0.0521. The number of aromatic amines is 1. The normalized spacial score (nSPS) is 19.6.